The van der Waals surface area contributed by atoms with Crippen molar-refractivity contribution in [2.75, 3.05) is 11.6 Å². The van der Waals surface area contributed by atoms with E-state index in [2.05, 4.69) is 16.8 Å². The van der Waals surface area contributed by atoms with E-state index in [1.807, 2.05) is 12.1 Å². The molecule has 1 atom stereocenters. The summed E-state index contributed by atoms with van der Waals surface area (Å²) in [6, 6.07) is 9.51. The Morgan fingerprint density at radius 3 is 2.85 bits per heavy atom. The van der Waals surface area contributed by atoms with Gasteiger partial charge in [0.05, 0.1) is 16.6 Å². The van der Waals surface area contributed by atoms with Crippen molar-refractivity contribution >= 4 is 26.9 Å². The monoisotopic (exact) mass is 307 g/mol. The molecule has 0 bridgehead atoms. The molecule has 0 radical (unpaired) electrons. The molecule has 1 unspecified atom stereocenters. The third-order valence-electron chi connectivity index (χ3n) is 3.67. The summed E-state index contributed by atoms with van der Waals surface area (Å²) < 4.78 is 23.7. The molecule has 1 aliphatic rings. The maximum absolute atomic E-state index is 11.9. The van der Waals surface area contributed by atoms with Gasteiger partial charge in [0, 0.05) is 11.1 Å². The van der Waals surface area contributed by atoms with Crippen molar-refractivity contribution in [3.63, 3.8) is 0 Å². The lowest BCUT2D eigenvalue weighted by molar-refractivity contribution is 0.598. The zero-order valence-corrected chi connectivity index (χ0v) is 12.9. The highest BCUT2D eigenvalue weighted by molar-refractivity contribution is 7.90. The summed E-state index contributed by atoms with van der Waals surface area (Å²) in [6.45, 7) is 0. The topological polar surface area (TPSA) is 46.2 Å². The minimum Gasteiger partial charge on any atom is -0.377 e. The molecule has 1 N–H and O–H groups in total. The predicted molar refractivity (Wildman–Crippen MR) is 83.2 cm³/mol. The normalized spacial score (nSPS) is 18.6. The van der Waals surface area contributed by atoms with Gasteiger partial charge in [-0.3, -0.25) is 0 Å². The fraction of sp³-hybridized carbons (Fsp3) is 0.333. The number of rotatable bonds is 3. The van der Waals surface area contributed by atoms with E-state index in [1.54, 1.807) is 23.5 Å². The number of benzene rings is 1. The molecule has 0 aliphatic heterocycles. The van der Waals surface area contributed by atoms with Crippen LogP contribution in [0.5, 0.6) is 0 Å². The van der Waals surface area contributed by atoms with E-state index in [-0.39, 0.29) is 6.04 Å². The van der Waals surface area contributed by atoms with Gasteiger partial charge in [-0.15, -0.1) is 11.3 Å². The summed E-state index contributed by atoms with van der Waals surface area (Å²) in [7, 11) is -3.21. The van der Waals surface area contributed by atoms with Gasteiger partial charge in [0.1, 0.15) is 0 Å². The molecule has 1 heterocycles. The highest BCUT2D eigenvalue weighted by atomic mass is 32.2. The number of sulfone groups is 1. The van der Waals surface area contributed by atoms with Crippen molar-refractivity contribution in [3.05, 3.63) is 46.2 Å². The molecule has 3 nitrogen and oxygen atoms in total. The number of thiophene rings is 1. The van der Waals surface area contributed by atoms with Crippen LogP contribution in [-0.2, 0) is 16.3 Å². The summed E-state index contributed by atoms with van der Waals surface area (Å²) in [5.74, 6) is 0. The zero-order chi connectivity index (χ0) is 14.2. The summed E-state index contributed by atoms with van der Waals surface area (Å²) in [4.78, 5) is 1.80. The maximum atomic E-state index is 11.9. The Bertz CT molecular complexity index is 719. The first-order valence-corrected chi connectivity index (χ1v) is 9.45. The molecule has 0 amide bonds. The van der Waals surface area contributed by atoms with Gasteiger partial charge in [-0.2, -0.15) is 0 Å². The first kappa shape index (κ1) is 13.6. The van der Waals surface area contributed by atoms with Gasteiger partial charge < -0.3 is 5.32 Å². The van der Waals surface area contributed by atoms with Crippen molar-refractivity contribution < 1.29 is 8.42 Å². The van der Waals surface area contributed by atoms with Gasteiger partial charge in [-0.1, -0.05) is 12.1 Å². The molecule has 20 heavy (non-hydrogen) atoms. The van der Waals surface area contributed by atoms with Gasteiger partial charge in [-0.25, -0.2) is 8.42 Å². The Hall–Kier alpha value is -1.33. The number of fused-ring (bicyclic) bond motifs is 1. The summed E-state index contributed by atoms with van der Waals surface area (Å²) in [6.07, 6.45) is 4.58. The van der Waals surface area contributed by atoms with Crippen LogP contribution in [0.15, 0.2) is 40.6 Å². The molecule has 0 spiro atoms. The number of aryl methyl sites for hydroxylation is 1. The Balaban J connectivity index is 1.95. The van der Waals surface area contributed by atoms with Crippen LogP contribution in [0, 0.1) is 0 Å². The number of anilines is 1. The Labute approximate surface area is 123 Å². The van der Waals surface area contributed by atoms with Crippen LogP contribution in [0.4, 0.5) is 5.69 Å². The lowest BCUT2D eigenvalue weighted by atomic mass is 9.94. The maximum Gasteiger partial charge on any atom is 0.177 e. The summed E-state index contributed by atoms with van der Waals surface area (Å²) in [5, 5.41) is 5.54. The van der Waals surface area contributed by atoms with Crippen molar-refractivity contribution in [3.8, 4) is 0 Å². The van der Waals surface area contributed by atoms with E-state index in [4.69, 9.17) is 0 Å². The lowest BCUT2D eigenvalue weighted by Gasteiger charge is -2.25. The van der Waals surface area contributed by atoms with Crippen molar-refractivity contribution in [1.29, 1.82) is 0 Å². The second-order valence-electron chi connectivity index (χ2n) is 5.16. The summed E-state index contributed by atoms with van der Waals surface area (Å²) in [5.41, 5.74) is 2.03. The average Bonchev–Trinajstić information content (AvgIpc) is 2.87. The van der Waals surface area contributed by atoms with Crippen LogP contribution < -0.4 is 5.32 Å². The minimum atomic E-state index is -3.21. The molecule has 5 heteroatoms. The Kier molecular flexibility index (Phi) is 3.56. The van der Waals surface area contributed by atoms with E-state index < -0.39 is 9.84 Å². The molecule has 106 valence electrons. The molecule has 1 aromatic carbocycles. The predicted octanol–water partition coefficient (Wildman–Crippen LogP) is 3.64. The molecule has 0 fully saturated rings. The van der Waals surface area contributed by atoms with Crippen LogP contribution in [0.25, 0.3) is 0 Å². The van der Waals surface area contributed by atoms with Gasteiger partial charge in [0.2, 0.25) is 0 Å². The fourth-order valence-electron chi connectivity index (χ4n) is 2.73. The lowest BCUT2D eigenvalue weighted by Crippen LogP contribution is -2.17. The van der Waals surface area contributed by atoms with Crippen LogP contribution >= 0.6 is 11.3 Å². The molecular weight excluding hydrogens is 290 g/mol. The molecule has 0 saturated carbocycles. The fourth-order valence-corrected chi connectivity index (χ4v) is 4.57. The van der Waals surface area contributed by atoms with Gasteiger partial charge in [0.15, 0.2) is 9.84 Å². The van der Waals surface area contributed by atoms with E-state index in [9.17, 15) is 8.42 Å². The molecule has 2 aromatic rings. The van der Waals surface area contributed by atoms with Gasteiger partial charge in [0.25, 0.3) is 0 Å². The Morgan fingerprint density at radius 2 is 2.05 bits per heavy atom. The first-order chi connectivity index (χ1) is 9.55. The quantitative estimate of drug-likeness (QED) is 0.941. The van der Waals surface area contributed by atoms with E-state index in [0.717, 1.165) is 19.3 Å². The summed E-state index contributed by atoms with van der Waals surface area (Å²) >= 11 is 1.79. The number of hydrogen-bond acceptors (Lipinski definition) is 4. The van der Waals surface area contributed by atoms with E-state index in [1.165, 1.54) is 16.7 Å². The van der Waals surface area contributed by atoms with Crippen molar-refractivity contribution in [2.45, 2.75) is 30.2 Å². The SMILES string of the molecule is CS(=O)(=O)c1ccccc1NC1CCCc2sccc21. The van der Waals surface area contributed by atoms with Crippen LogP contribution in [0.1, 0.15) is 29.3 Å². The number of para-hydroxylation sites is 1. The molecule has 1 aliphatic carbocycles. The smallest absolute Gasteiger partial charge is 0.177 e. The van der Waals surface area contributed by atoms with Crippen molar-refractivity contribution in [1.82, 2.24) is 0 Å². The van der Waals surface area contributed by atoms with Crippen LogP contribution in [0.3, 0.4) is 0 Å². The zero-order valence-electron chi connectivity index (χ0n) is 11.3. The second-order valence-corrected chi connectivity index (χ2v) is 8.14. The van der Waals surface area contributed by atoms with Crippen LogP contribution in [-0.4, -0.2) is 14.7 Å². The van der Waals surface area contributed by atoms with Crippen LogP contribution in [0.2, 0.25) is 0 Å². The third kappa shape index (κ3) is 2.60. The highest BCUT2D eigenvalue weighted by Crippen LogP contribution is 2.36. The second kappa shape index (κ2) is 5.22. The molecular formula is C15H17NO2S2. The van der Waals surface area contributed by atoms with Gasteiger partial charge >= 0.3 is 0 Å². The average molecular weight is 307 g/mol. The van der Waals surface area contributed by atoms with Crippen molar-refractivity contribution in [2.24, 2.45) is 0 Å². The standard InChI is InChI=1S/C15H17NO2S2/c1-20(17,18)15-8-3-2-5-13(15)16-12-6-4-7-14-11(12)9-10-19-14/h2-3,5,8-10,12,16H,4,6-7H2,1H3. The van der Waals surface area contributed by atoms with E-state index in [0.29, 0.717) is 10.6 Å². The molecule has 0 saturated heterocycles. The number of hydrogen-bond donors (Lipinski definition) is 1. The third-order valence-corrected chi connectivity index (χ3v) is 5.82. The molecule has 1 aromatic heterocycles. The Morgan fingerprint density at radius 1 is 1.25 bits per heavy atom. The number of nitrogens with one attached hydrogen (secondary N) is 1. The first-order valence-electron chi connectivity index (χ1n) is 6.67. The van der Waals surface area contributed by atoms with Gasteiger partial charge in [-0.05, 0) is 48.4 Å². The molecule has 3 rings (SSSR count). The highest BCUT2D eigenvalue weighted by Gasteiger charge is 2.23. The largest absolute Gasteiger partial charge is 0.377 e. The minimum absolute atomic E-state index is 0.216. The van der Waals surface area contributed by atoms with E-state index >= 15 is 0 Å².